The molecule has 0 aliphatic heterocycles. The van der Waals surface area contributed by atoms with Crippen LogP contribution in [0.4, 0.5) is 0 Å². The molecule has 8 nitrogen and oxygen atoms in total. The highest BCUT2D eigenvalue weighted by Crippen LogP contribution is 2.41. The minimum Gasteiger partial charge on any atom is -0.356 e. The molecule has 0 saturated heterocycles. The summed E-state index contributed by atoms with van der Waals surface area (Å²) in [6, 6.07) is 7.15. The number of fused-ring (bicyclic) bond motifs is 3. The summed E-state index contributed by atoms with van der Waals surface area (Å²) < 4.78 is 2.28. The van der Waals surface area contributed by atoms with E-state index in [4.69, 9.17) is 10.2 Å². The van der Waals surface area contributed by atoms with Gasteiger partial charge in [0, 0.05) is 30.6 Å². The van der Waals surface area contributed by atoms with Crippen LogP contribution in [-0.2, 0) is 11.2 Å². The topological polar surface area (TPSA) is 123 Å². The van der Waals surface area contributed by atoms with E-state index in [2.05, 4.69) is 32.0 Å². The Kier molecular flexibility index (Phi) is 6.72. The Labute approximate surface area is 205 Å². The SMILES string of the molecule is N#CC[C@H]1CC[C@H](n2c(CC(=O)NCCCC3(C#N)CCCC3)nc3cnc4[nH]ccc4c32)CC1. The number of aromatic nitrogens is 4. The van der Waals surface area contributed by atoms with E-state index in [1.165, 1.54) is 0 Å². The van der Waals surface area contributed by atoms with Gasteiger partial charge in [0.1, 0.15) is 17.0 Å². The van der Waals surface area contributed by atoms with Gasteiger partial charge in [-0.2, -0.15) is 10.5 Å². The first-order chi connectivity index (χ1) is 17.1. The van der Waals surface area contributed by atoms with E-state index in [9.17, 15) is 10.1 Å². The first-order valence-electron chi connectivity index (χ1n) is 13.0. The van der Waals surface area contributed by atoms with Crippen molar-refractivity contribution in [1.29, 1.82) is 10.5 Å². The van der Waals surface area contributed by atoms with Crippen LogP contribution in [0.25, 0.3) is 22.1 Å². The molecule has 0 unspecified atom stereocenters. The molecule has 0 radical (unpaired) electrons. The number of nitriles is 2. The molecule has 5 rings (SSSR count). The first kappa shape index (κ1) is 23.4. The molecule has 2 aliphatic rings. The van der Waals surface area contributed by atoms with Crippen LogP contribution in [0.3, 0.4) is 0 Å². The average Bonchev–Trinajstić information content (AvgIpc) is 3.61. The molecule has 0 bridgehead atoms. The number of pyridine rings is 1. The molecule has 2 fully saturated rings. The Morgan fingerprint density at radius 2 is 2.03 bits per heavy atom. The summed E-state index contributed by atoms with van der Waals surface area (Å²) in [5, 5.41) is 22.8. The zero-order valence-electron chi connectivity index (χ0n) is 20.2. The number of nitrogens with zero attached hydrogens (tertiary/aromatic N) is 5. The van der Waals surface area contributed by atoms with Crippen molar-refractivity contribution in [3.8, 4) is 12.1 Å². The molecule has 1 amide bonds. The van der Waals surface area contributed by atoms with E-state index >= 15 is 0 Å². The van der Waals surface area contributed by atoms with Crippen LogP contribution in [0.1, 0.15) is 82.5 Å². The monoisotopic (exact) mass is 471 g/mol. The number of carbonyl (C=O) groups excluding carboxylic acids is 1. The minimum absolute atomic E-state index is 0.0320. The molecule has 0 atom stereocenters. The fourth-order valence-corrected chi connectivity index (χ4v) is 6.22. The highest BCUT2D eigenvalue weighted by atomic mass is 16.1. The molecule has 0 aromatic carbocycles. The number of nitrogens with one attached hydrogen (secondary N) is 2. The van der Waals surface area contributed by atoms with Gasteiger partial charge in [-0.3, -0.25) is 4.79 Å². The summed E-state index contributed by atoms with van der Waals surface area (Å²) in [4.78, 5) is 25.5. The normalized spacial score (nSPS) is 21.7. The van der Waals surface area contributed by atoms with Crippen LogP contribution in [0.5, 0.6) is 0 Å². The number of rotatable bonds is 8. The number of hydrogen-bond donors (Lipinski definition) is 2. The molecule has 2 saturated carbocycles. The van der Waals surface area contributed by atoms with E-state index in [1.807, 2.05) is 12.3 Å². The maximum atomic E-state index is 12.9. The van der Waals surface area contributed by atoms with Gasteiger partial charge < -0.3 is 14.9 Å². The maximum Gasteiger partial charge on any atom is 0.227 e. The lowest BCUT2D eigenvalue weighted by atomic mass is 9.83. The second-order valence-corrected chi connectivity index (χ2v) is 10.4. The molecule has 3 aromatic heterocycles. The lowest BCUT2D eigenvalue weighted by Gasteiger charge is -2.30. The van der Waals surface area contributed by atoms with E-state index in [1.54, 1.807) is 6.20 Å². The summed E-state index contributed by atoms with van der Waals surface area (Å²) in [5.41, 5.74) is 2.50. The van der Waals surface area contributed by atoms with Crippen LogP contribution >= 0.6 is 0 Å². The Bertz CT molecular complexity index is 1280. The lowest BCUT2D eigenvalue weighted by molar-refractivity contribution is -0.120. The van der Waals surface area contributed by atoms with E-state index in [0.29, 0.717) is 18.9 Å². The van der Waals surface area contributed by atoms with E-state index < -0.39 is 0 Å². The fraction of sp³-hybridized carbons (Fsp3) is 0.593. The minimum atomic E-state index is -0.183. The molecule has 2 aliphatic carbocycles. The predicted octanol–water partition coefficient (Wildman–Crippen LogP) is 5.08. The van der Waals surface area contributed by atoms with Crippen LogP contribution in [0.15, 0.2) is 18.5 Å². The molecule has 0 spiro atoms. The van der Waals surface area contributed by atoms with Gasteiger partial charge in [0.15, 0.2) is 0 Å². The summed E-state index contributed by atoms with van der Waals surface area (Å²) in [6.45, 7) is 0.589. The summed E-state index contributed by atoms with van der Waals surface area (Å²) in [7, 11) is 0. The van der Waals surface area contributed by atoms with Gasteiger partial charge in [0.2, 0.25) is 5.91 Å². The quantitative estimate of drug-likeness (QED) is 0.443. The maximum absolute atomic E-state index is 12.9. The zero-order valence-corrected chi connectivity index (χ0v) is 20.2. The van der Waals surface area contributed by atoms with Crippen LogP contribution in [0.2, 0.25) is 0 Å². The van der Waals surface area contributed by atoms with Crippen molar-refractivity contribution in [3.63, 3.8) is 0 Å². The standard InChI is InChI=1S/C27H33N7O/c28-13-8-19-4-6-20(7-5-19)34-23(33-22-17-32-26-21(25(22)34)9-15-31-26)16-24(35)30-14-3-12-27(18-29)10-1-2-11-27/h9,15,17,19-20H,1-8,10-12,14,16H2,(H,30,35)(H,31,32)/t19-,20-. The highest BCUT2D eigenvalue weighted by molar-refractivity contribution is 6.01. The third kappa shape index (κ3) is 4.75. The largest absolute Gasteiger partial charge is 0.356 e. The Morgan fingerprint density at radius 1 is 1.23 bits per heavy atom. The van der Waals surface area contributed by atoms with Crippen molar-refractivity contribution in [3.05, 3.63) is 24.3 Å². The van der Waals surface area contributed by atoms with Crippen molar-refractivity contribution in [2.75, 3.05) is 6.54 Å². The Balaban J connectivity index is 1.32. The first-order valence-corrected chi connectivity index (χ1v) is 13.0. The molecular formula is C27H33N7O. The smallest absolute Gasteiger partial charge is 0.227 e. The Hall–Kier alpha value is -3.39. The summed E-state index contributed by atoms with van der Waals surface area (Å²) in [6.07, 6.45) is 14.4. The van der Waals surface area contributed by atoms with Crippen molar-refractivity contribution < 1.29 is 4.79 Å². The number of H-pyrrole nitrogens is 1. The molecule has 3 aromatic rings. The van der Waals surface area contributed by atoms with Gasteiger partial charge in [-0.05, 0) is 63.4 Å². The third-order valence-electron chi connectivity index (χ3n) is 8.14. The molecule has 8 heteroatoms. The van der Waals surface area contributed by atoms with Gasteiger partial charge in [-0.25, -0.2) is 9.97 Å². The molecule has 35 heavy (non-hydrogen) atoms. The van der Waals surface area contributed by atoms with Crippen molar-refractivity contribution in [2.45, 2.75) is 83.1 Å². The Morgan fingerprint density at radius 3 is 2.77 bits per heavy atom. The van der Waals surface area contributed by atoms with Crippen LogP contribution in [0, 0.1) is 34.0 Å². The van der Waals surface area contributed by atoms with Crippen LogP contribution in [-0.4, -0.2) is 32.0 Å². The van der Waals surface area contributed by atoms with Gasteiger partial charge in [0.25, 0.3) is 0 Å². The zero-order chi connectivity index (χ0) is 24.3. The third-order valence-corrected chi connectivity index (χ3v) is 8.14. The van der Waals surface area contributed by atoms with E-state index in [0.717, 1.165) is 92.1 Å². The summed E-state index contributed by atoms with van der Waals surface area (Å²) in [5.74, 6) is 1.21. The molecular weight excluding hydrogens is 438 g/mol. The van der Waals surface area contributed by atoms with Crippen LogP contribution < -0.4 is 5.32 Å². The van der Waals surface area contributed by atoms with Gasteiger partial charge in [-0.15, -0.1) is 0 Å². The van der Waals surface area contributed by atoms with Gasteiger partial charge in [0.05, 0.1) is 35.7 Å². The second-order valence-electron chi connectivity index (χ2n) is 10.4. The number of imidazole rings is 1. The molecule has 2 N–H and O–H groups in total. The average molecular weight is 472 g/mol. The number of hydrogen-bond acceptors (Lipinski definition) is 5. The van der Waals surface area contributed by atoms with Crippen molar-refractivity contribution >= 4 is 28.0 Å². The van der Waals surface area contributed by atoms with Crippen molar-refractivity contribution in [2.24, 2.45) is 11.3 Å². The van der Waals surface area contributed by atoms with E-state index in [-0.39, 0.29) is 23.8 Å². The fourth-order valence-electron chi connectivity index (χ4n) is 6.22. The highest BCUT2D eigenvalue weighted by Gasteiger charge is 2.33. The van der Waals surface area contributed by atoms with Gasteiger partial charge in [-0.1, -0.05) is 12.8 Å². The molecule has 182 valence electrons. The summed E-state index contributed by atoms with van der Waals surface area (Å²) >= 11 is 0. The van der Waals surface area contributed by atoms with Gasteiger partial charge >= 0.3 is 0 Å². The lowest BCUT2D eigenvalue weighted by Crippen LogP contribution is -2.29. The number of aromatic amines is 1. The molecule has 3 heterocycles. The number of amides is 1. The second kappa shape index (κ2) is 10.1. The number of carbonyl (C=O) groups is 1. The predicted molar refractivity (Wildman–Crippen MR) is 133 cm³/mol. The van der Waals surface area contributed by atoms with Crippen molar-refractivity contribution in [1.82, 2.24) is 24.8 Å².